The first-order chi connectivity index (χ1) is 18.4. The van der Waals surface area contributed by atoms with Gasteiger partial charge in [0.25, 0.3) is 0 Å². The molecule has 2 unspecified atom stereocenters. The SMILES string of the molecule is COc1cc(NC(=O)C(N)CSSCC(N)C(=O)Nc2cc(OC)c3ccccc3c2)cc2ccccc12. The van der Waals surface area contributed by atoms with Gasteiger partial charge in [-0.1, -0.05) is 70.1 Å². The van der Waals surface area contributed by atoms with Crippen molar-refractivity contribution in [1.29, 1.82) is 0 Å². The Morgan fingerprint density at radius 3 is 1.50 bits per heavy atom. The second-order valence-corrected chi connectivity index (χ2v) is 11.1. The van der Waals surface area contributed by atoms with Crippen molar-refractivity contribution in [3.63, 3.8) is 0 Å². The van der Waals surface area contributed by atoms with Crippen LogP contribution in [0.4, 0.5) is 11.4 Å². The summed E-state index contributed by atoms with van der Waals surface area (Å²) in [4.78, 5) is 25.3. The summed E-state index contributed by atoms with van der Waals surface area (Å²) in [5, 5.41) is 9.55. The van der Waals surface area contributed by atoms with Crippen LogP contribution in [-0.4, -0.2) is 49.6 Å². The van der Waals surface area contributed by atoms with Crippen LogP contribution in [0.5, 0.6) is 11.5 Å². The van der Waals surface area contributed by atoms with Gasteiger partial charge < -0.3 is 31.6 Å². The Hall–Kier alpha value is -3.44. The molecule has 4 rings (SSSR count). The number of methoxy groups -OCH3 is 2. The molecule has 0 aliphatic carbocycles. The van der Waals surface area contributed by atoms with Gasteiger partial charge >= 0.3 is 0 Å². The zero-order chi connectivity index (χ0) is 27.1. The first kappa shape index (κ1) is 27.6. The lowest BCUT2D eigenvalue weighted by Crippen LogP contribution is -2.38. The maximum absolute atomic E-state index is 12.6. The maximum atomic E-state index is 12.6. The van der Waals surface area contributed by atoms with Crippen LogP contribution in [0.3, 0.4) is 0 Å². The summed E-state index contributed by atoms with van der Waals surface area (Å²) in [6.45, 7) is 0. The zero-order valence-electron chi connectivity index (χ0n) is 21.1. The van der Waals surface area contributed by atoms with E-state index in [1.54, 1.807) is 26.4 Å². The van der Waals surface area contributed by atoms with Crippen LogP contribution in [0, 0.1) is 0 Å². The van der Waals surface area contributed by atoms with E-state index in [-0.39, 0.29) is 11.8 Å². The van der Waals surface area contributed by atoms with Crippen molar-refractivity contribution in [2.45, 2.75) is 12.1 Å². The average molecular weight is 551 g/mol. The molecule has 0 aliphatic rings. The smallest absolute Gasteiger partial charge is 0.242 e. The molecule has 0 aromatic heterocycles. The van der Waals surface area contributed by atoms with E-state index in [1.165, 1.54) is 21.6 Å². The average Bonchev–Trinajstić information content (AvgIpc) is 2.93. The third-order valence-electron chi connectivity index (χ3n) is 5.87. The van der Waals surface area contributed by atoms with Crippen molar-refractivity contribution in [3.05, 3.63) is 72.8 Å². The van der Waals surface area contributed by atoms with E-state index in [1.807, 2.05) is 60.7 Å². The first-order valence-corrected chi connectivity index (χ1v) is 14.4. The molecule has 38 heavy (non-hydrogen) atoms. The van der Waals surface area contributed by atoms with Crippen molar-refractivity contribution in [1.82, 2.24) is 0 Å². The van der Waals surface area contributed by atoms with Gasteiger partial charge in [0.2, 0.25) is 11.8 Å². The lowest BCUT2D eigenvalue weighted by Gasteiger charge is -2.15. The van der Waals surface area contributed by atoms with Gasteiger partial charge in [0, 0.05) is 45.8 Å². The lowest BCUT2D eigenvalue weighted by molar-refractivity contribution is -0.117. The summed E-state index contributed by atoms with van der Waals surface area (Å²) in [7, 11) is 5.98. The molecule has 198 valence electrons. The number of carbonyl (C=O) groups is 2. The Balaban J connectivity index is 1.24. The Morgan fingerprint density at radius 2 is 1.11 bits per heavy atom. The molecule has 0 bridgehead atoms. The molecule has 0 saturated carbocycles. The lowest BCUT2D eigenvalue weighted by atomic mass is 10.1. The quantitative estimate of drug-likeness (QED) is 0.157. The highest BCUT2D eigenvalue weighted by atomic mass is 33.1. The fourth-order valence-corrected chi connectivity index (χ4v) is 6.14. The Bertz CT molecular complexity index is 1340. The summed E-state index contributed by atoms with van der Waals surface area (Å²) in [6.07, 6.45) is 0. The number of amides is 2. The normalized spacial score (nSPS) is 12.6. The topological polar surface area (TPSA) is 129 Å². The molecule has 0 heterocycles. The number of benzene rings is 4. The number of hydrogen-bond acceptors (Lipinski definition) is 8. The second kappa shape index (κ2) is 12.9. The maximum Gasteiger partial charge on any atom is 0.242 e. The van der Waals surface area contributed by atoms with Crippen LogP contribution < -0.4 is 31.6 Å². The molecule has 4 aromatic carbocycles. The second-order valence-electron chi connectivity index (χ2n) is 8.56. The fourth-order valence-electron chi connectivity index (χ4n) is 3.90. The minimum absolute atomic E-state index is 0.303. The van der Waals surface area contributed by atoms with Crippen molar-refractivity contribution >= 4 is 66.3 Å². The monoisotopic (exact) mass is 550 g/mol. The summed E-state index contributed by atoms with van der Waals surface area (Å²) in [6, 6.07) is 21.4. The summed E-state index contributed by atoms with van der Waals surface area (Å²) in [5.41, 5.74) is 13.4. The van der Waals surface area contributed by atoms with Crippen molar-refractivity contribution < 1.29 is 19.1 Å². The fraction of sp³-hybridized carbons (Fsp3) is 0.214. The number of fused-ring (bicyclic) bond motifs is 2. The molecular weight excluding hydrogens is 520 g/mol. The number of rotatable bonds is 11. The highest BCUT2D eigenvalue weighted by Crippen LogP contribution is 2.31. The van der Waals surface area contributed by atoms with Crippen LogP contribution >= 0.6 is 21.6 Å². The molecule has 4 aromatic rings. The number of anilines is 2. The Kier molecular flexibility index (Phi) is 9.35. The zero-order valence-corrected chi connectivity index (χ0v) is 22.7. The summed E-state index contributed by atoms with van der Waals surface area (Å²) in [5.74, 6) is 1.46. The minimum atomic E-state index is -0.736. The van der Waals surface area contributed by atoms with E-state index < -0.39 is 12.1 Å². The predicted molar refractivity (Wildman–Crippen MR) is 159 cm³/mol. The summed E-state index contributed by atoms with van der Waals surface area (Å²) >= 11 is 0. The molecule has 6 N–H and O–H groups in total. The standard InChI is InChI=1S/C28H30N4O4S2/c1-35-25-13-19(11-17-7-3-5-9-21(17)25)31-27(33)23(29)15-37-38-16-24(30)28(34)32-20-12-18-8-4-6-10-22(18)26(14-20)36-2/h3-14,23-24H,15-16,29-30H2,1-2H3,(H,31,33)(H,32,34). The van der Waals surface area contributed by atoms with Crippen LogP contribution in [0.2, 0.25) is 0 Å². The van der Waals surface area contributed by atoms with Crippen LogP contribution in [-0.2, 0) is 9.59 Å². The van der Waals surface area contributed by atoms with Crippen LogP contribution in [0.1, 0.15) is 0 Å². The molecule has 0 spiro atoms. The van der Waals surface area contributed by atoms with Crippen molar-refractivity contribution in [3.8, 4) is 11.5 Å². The molecule has 8 nitrogen and oxygen atoms in total. The van der Waals surface area contributed by atoms with Gasteiger partial charge in [0.15, 0.2) is 0 Å². The van der Waals surface area contributed by atoms with Crippen molar-refractivity contribution in [2.75, 3.05) is 36.4 Å². The molecule has 0 radical (unpaired) electrons. The van der Waals surface area contributed by atoms with E-state index in [2.05, 4.69) is 10.6 Å². The van der Waals surface area contributed by atoms with Gasteiger partial charge in [0.1, 0.15) is 11.5 Å². The highest BCUT2D eigenvalue weighted by molar-refractivity contribution is 8.76. The number of nitrogens with one attached hydrogen (secondary N) is 2. The predicted octanol–water partition coefficient (Wildman–Crippen LogP) is 4.62. The largest absolute Gasteiger partial charge is 0.496 e. The highest BCUT2D eigenvalue weighted by Gasteiger charge is 2.18. The van der Waals surface area contributed by atoms with Gasteiger partial charge in [-0.15, -0.1) is 0 Å². The minimum Gasteiger partial charge on any atom is -0.496 e. The van der Waals surface area contributed by atoms with Crippen molar-refractivity contribution in [2.24, 2.45) is 11.5 Å². The number of ether oxygens (including phenoxy) is 2. The number of hydrogen-bond donors (Lipinski definition) is 4. The third kappa shape index (κ3) is 6.70. The van der Waals surface area contributed by atoms with Gasteiger partial charge in [0.05, 0.1) is 26.3 Å². The van der Waals surface area contributed by atoms with Crippen LogP contribution in [0.15, 0.2) is 72.8 Å². The van der Waals surface area contributed by atoms with Crippen LogP contribution in [0.25, 0.3) is 21.5 Å². The Labute approximate surface area is 229 Å². The van der Waals surface area contributed by atoms with Gasteiger partial charge in [-0.05, 0) is 22.9 Å². The molecular formula is C28H30N4O4S2. The van der Waals surface area contributed by atoms with E-state index >= 15 is 0 Å². The van der Waals surface area contributed by atoms with E-state index in [4.69, 9.17) is 20.9 Å². The van der Waals surface area contributed by atoms with Gasteiger partial charge in [-0.25, -0.2) is 0 Å². The van der Waals surface area contributed by atoms with E-state index in [0.29, 0.717) is 34.4 Å². The molecule has 0 fully saturated rings. The van der Waals surface area contributed by atoms with Gasteiger partial charge in [-0.3, -0.25) is 9.59 Å². The molecule has 2 amide bonds. The molecule has 2 atom stereocenters. The number of nitrogens with two attached hydrogens (primary N) is 2. The molecule has 0 saturated heterocycles. The molecule has 10 heteroatoms. The summed E-state index contributed by atoms with van der Waals surface area (Å²) < 4.78 is 10.9. The first-order valence-electron chi connectivity index (χ1n) is 11.9. The van der Waals surface area contributed by atoms with E-state index in [9.17, 15) is 9.59 Å². The number of carbonyl (C=O) groups excluding carboxylic acids is 2. The Morgan fingerprint density at radius 1 is 0.711 bits per heavy atom. The third-order valence-corrected chi connectivity index (χ3v) is 8.35. The van der Waals surface area contributed by atoms with E-state index in [0.717, 1.165) is 21.5 Å². The molecule has 0 aliphatic heterocycles. The van der Waals surface area contributed by atoms with Gasteiger partial charge in [-0.2, -0.15) is 0 Å².